The third kappa shape index (κ3) is 5.01. The number of likely N-dealkylation sites (tertiary alicyclic amines) is 1. The van der Waals surface area contributed by atoms with E-state index in [0.717, 1.165) is 6.42 Å². The van der Waals surface area contributed by atoms with Gasteiger partial charge in [-0.1, -0.05) is 0 Å². The number of hydrogen-bond donors (Lipinski definition) is 1. The van der Waals surface area contributed by atoms with Crippen LogP contribution >= 0.6 is 0 Å². The summed E-state index contributed by atoms with van der Waals surface area (Å²) in [5.41, 5.74) is 0. The van der Waals surface area contributed by atoms with Gasteiger partial charge < -0.3 is 14.7 Å². The molecule has 1 heterocycles. The second-order valence-electron chi connectivity index (χ2n) is 2.97. The normalized spacial score (nSPS) is 20.9. The summed E-state index contributed by atoms with van der Waals surface area (Å²) in [5, 5.41) is 7.57. The minimum atomic E-state index is -0.872. The van der Waals surface area contributed by atoms with Gasteiger partial charge in [0.05, 0.1) is 13.7 Å². The fourth-order valence-corrected chi connectivity index (χ4v) is 1.22. The van der Waals surface area contributed by atoms with Crippen LogP contribution in [-0.4, -0.2) is 49.1 Å². The summed E-state index contributed by atoms with van der Waals surface area (Å²) in [6.07, 6.45) is -0.000713. The van der Waals surface area contributed by atoms with Gasteiger partial charge in [-0.2, -0.15) is 0 Å². The van der Waals surface area contributed by atoms with Gasteiger partial charge >= 0.3 is 6.09 Å². The SMILES string of the molecule is CCO.COC(=O)N1CCC[C@H](F)C1. The Morgan fingerprint density at radius 3 is 2.71 bits per heavy atom. The first kappa shape index (κ1) is 13.2. The molecule has 0 aromatic carbocycles. The van der Waals surface area contributed by atoms with Crippen LogP contribution in [0.4, 0.5) is 9.18 Å². The van der Waals surface area contributed by atoms with E-state index in [2.05, 4.69) is 4.74 Å². The highest BCUT2D eigenvalue weighted by Gasteiger charge is 2.23. The maximum absolute atomic E-state index is 12.7. The Kier molecular flexibility index (Phi) is 7.10. The van der Waals surface area contributed by atoms with E-state index >= 15 is 0 Å². The minimum absolute atomic E-state index is 0.187. The highest BCUT2D eigenvalue weighted by Crippen LogP contribution is 2.13. The van der Waals surface area contributed by atoms with E-state index < -0.39 is 12.3 Å². The topological polar surface area (TPSA) is 49.8 Å². The molecule has 14 heavy (non-hydrogen) atoms. The molecule has 0 aliphatic carbocycles. The number of hydrogen-bond acceptors (Lipinski definition) is 3. The second-order valence-corrected chi connectivity index (χ2v) is 2.97. The molecule has 5 heteroatoms. The number of aliphatic hydroxyl groups is 1. The largest absolute Gasteiger partial charge is 0.453 e. The molecule has 1 atom stereocenters. The Bertz CT molecular complexity index is 166. The highest BCUT2D eigenvalue weighted by atomic mass is 19.1. The molecule has 4 nitrogen and oxygen atoms in total. The number of methoxy groups -OCH3 is 1. The summed E-state index contributed by atoms with van der Waals surface area (Å²) in [7, 11) is 1.31. The summed E-state index contributed by atoms with van der Waals surface area (Å²) in [6.45, 7) is 2.74. The van der Waals surface area contributed by atoms with Crippen molar-refractivity contribution in [2.75, 3.05) is 26.8 Å². The van der Waals surface area contributed by atoms with Gasteiger partial charge in [-0.15, -0.1) is 0 Å². The van der Waals surface area contributed by atoms with Gasteiger partial charge in [-0.3, -0.25) is 0 Å². The summed E-state index contributed by atoms with van der Waals surface area (Å²) >= 11 is 0. The predicted octanol–water partition coefficient (Wildman–Crippen LogP) is 1.19. The molecule has 0 aromatic rings. The van der Waals surface area contributed by atoms with Crippen LogP contribution in [0.2, 0.25) is 0 Å². The van der Waals surface area contributed by atoms with Gasteiger partial charge in [-0.25, -0.2) is 9.18 Å². The van der Waals surface area contributed by atoms with Gasteiger partial charge in [-0.05, 0) is 19.8 Å². The molecular formula is C9H18FNO3. The van der Waals surface area contributed by atoms with Gasteiger partial charge in [0.2, 0.25) is 0 Å². The summed E-state index contributed by atoms with van der Waals surface area (Å²) in [4.78, 5) is 12.2. The quantitative estimate of drug-likeness (QED) is 0.649. The van der Waals surface area contributed by atoms with Crippen LogP contribution in [0.25, 0.3) is 0 Å². The summed E-state index contributed by atoms with van der Waals surface area (Å²) in [5.74, 6) is 0. The molecule has 84 valence electrons. The van der Waals surface area contributed by atoms with Crippen molar-refractivity contribution in [3.05, 3.63) is 0 Å². The first-order valence-corrected chi connectivity index (χ1v) is 4.73. The van der Waals surface area contributed by atoms with Crippen molar-refractivity contribution >= 4 is 6.09 Å². The van der Waals surface area contributed by atoms with E-state index in [1.54, 1.807) is 6.92 Å². The number of alkyl halides is 1. The molecule has 1 N–H and O–H groups in total. The average molecular weight is 207 g/mol. The first-order chi connectivity index (χ1) is 6.65. The van der Waals surface area contributed by atoms with E-state index in [9.17, 15) is 9.18 Å². The van der Waals surface area contributed by atoms with E-state index in [4.69, 9.17) is 5.11 Å². The zero-order valence-electron chi connectivity index (χ0n) is 8.70. The van der Waals surface area contributed by atoms with Crippen molar-refractivity contribution in [1.29, 1.82) is 0 Å². The molecule has 0 saturated carbocycles. The Labute approximate surface area is 83.7 Å². The number of carbonyl (C=O) groups excluding carboxylic acids is 1. The third-order valence-corrected chi connectivity index (χ3v) is 1.80. The molecule has 0 aromatic heterocycles. The van der Waals surface area contributed by atoms with Crippen molar-refractivity contribution in [3.63, 3.8) is 0 Å². The van der Waals surface area contributed by atoms with Gasteiger partial charge in [0.1, 0.15) is 6.17 Å². The predicted molar refractivity (Wildman–Crippen MR) is 50.9 cm³/mol. The van der Waals surface area contributed by atoms with Crippen molar-refractivity contribution in [2.24, 2.45) is 0 Å². The fraction of sp³-hybridized carbons (Fsp3) is 0.889. The number of amides is 1. The summed E-state index contributed by atoms with van der Waals surface area (Å²) in [6, 6.07) is 0. The Morgan fingerprint density at radius 2 is 2.29 bits per heavy atom. The number of halogens is 1. The molecule has 0 radical (unpaired) electrons. The maximum Gasteiger partial charge on any atom is 0.409 e. The van der Waals surface area contributed by atoms with Crippen LogP contribution in [0, 0.1) is 0 Å². The van der Waals surface area contributed by atoms with E-state index in [0.29, 0.717) is 13.0 Å². The van der Waals surface area contributed by atoms with Gasteiger partial charge in [0, 0.05) is 13.2 Å². The number of piperidine rings is 1. The monoisotopic (exact) mass is 207 g/mol. The van der Waals surface area contributed by atoms with Crippen LogP contribution < -0.4 is 0 Å². The van der Waals surface area contributed by atoms with Crippen LogP contribution in [0.5, 0.6) is 0 Å². The fourth-order valence-electron chi connectivity index (χ4n) is 1.22. The van der Waals surface area contributed by atoms with Gasteiger partial charge in [0.15, 0.2) is 0 Å². The lowest BCUT2D eigenvalue weighted by Crippen LogP contribution is -2.40. The molecule has 1 aliphatic heterocycles. The van der Waals surface area contributed by atoms with Crippen LogP contribution in [0.15, 0.2) is 0 Å². The number of rotatable bonds is 0. The Morgan fingerprint density at radius 1 is 1.71 bits per heavy atom. The van der Waals surface area contributed by atoms with Crippen LogP contribution in [0.1, 0.15) is 19.8 Å². The Hall–Kier alpha value is -0.840. The van der Waals surface area contributed by atoms with E-state index in [1.165, 1.54) is 12.0 Å². The first-order valence-electron chi connectivity index (χ1n) is 4.73. The Balaban J connectivity index is 0.000000500. The van der Waals surface area contributed by atoms with Crippen LogP contribution in [-0.2, 0) is 4.74 Å². The lowest BCUT2D eigenvalue weighted by molar-refractivity contribution is 0.0919. The second kappa shape index (κ2) is 7.55. The van der Waals surface area contributed by atoms with Crippen molar-refractivity contribution in [2.45, 2.75) is 25.9 Å². The van der Waals surface area contributed by atoms with Crippen LogP contribution in [0.3, 0.4) is 0 Å². The van der Waals surface area contributed by atoms with E-state index in [1.807, 2.05) is 0 Å². The molecule has 1 fully saturated rings. The minimum Gasteiger partial charge on any atom is -0.453 e. The van der Waals surface area contributed by atoms with Crippen molar-refractivity contribution in [3.8, 4) is 0 Å². The van der Waals surface area contributed by atoms with Crippen molar-refractivity contribution in [1.82, 2.24) is 4.90 Å². The van der Waals surface area contributed by atoms with E-state index in [-0.39, 0.29) is 13.2 Å². The number of aliphatic hydroxyl groups excluding tert-OH is 1. The molecule has 1 amide bonds. The zero-order chi connectivity index (χ0) is 11.0. The molecule has 0 unspecified atom stereocenters. The average Bonchev–Trinajstić information content (AvgIpc) is 2.18. The zero-order valence-corrected chi connectivity index (χ0v) is 8.70. The molecule has 1 saturated heterocycles. The molecule has 0 spiro atoms. The van der Waals surface area contributed by atoms with Crippen molar-refractivity contribution < 1.29 is 19.0 Å². The molecule has 1 aliphatic rings. The molecular weight excluding hydrogens is 189 g/mol. The molecule has 1 rings (SSSR count). The third-order valence-electron chi connectivity index (χ3n) is 1.80. The number of ether oxygens (including phenoxy) is 1. The highest BCUT2D eigenvalue weighted by molar-refractivity contribution is 5.67. The lowest BCUT2D eigenvalue weighted by Gasteiger charge is -2.27. The summed E-state index contributed by atoms with van der Waals surface area (Å²) < 4.78 is 17.1. The molecule has 0 bridgehead atoms. The standard InChI is InChI=1S/C7H12FNO2.C2H6O/c1-11-7(10)9-4-2-3-6(8)5-9;1-2-3/h6H,2-5H2,1H3;3H,2H2,1H3/t6-;/m0./s1. The number of carbonyl (C=O) groups is 1. The van der Waals surface area contributed by atoms with Gasteiger partial charge in [0.25, 0.3) is 0 Å². The smallest absolute Gasteiger partial charge is 0.409 e. The number of nitrogens with zero attached hydrogens (tertiary/aromatic N) is 1. The maximum atomic E-state index is 12.7. The lowest BCUT2D eigenvalue weighted by atomic mass is 10.1.